The number of aromatic nitrogens is 2. The number of nitrogens with two attached hydrogens (primary N) is 1. The zero-order chi connectivity index (χ0) is 94.3. The summed E-state index contributed by atoms with van der Waals surface area (Å²) in [4.78, 5) is 159. The van der Waals surface area contributed by atoms with Crippen LogP contribution in [0.15, 0.2) is 114 Å². The SMILES string of the molecule is CN[C@H](CC(C)C)C(=O)N[C@H]1C(=O)N[C@@H](CC(N)=O)C(=O)N[C@H]2C(=O)N[C@H]3C(=O)N[C@H](C(=O)N[C@@H](C(=O)NOCCN4CCOCC4)c4cc(O)cc(O)c4-c4cc3ccc4O)[C@H](O)c3ccc(c(Cl)c3)Oc3cc2cc(c3O[C@@H]2O[C@H](CO)[C@@H](O)[C@H](O)[C@H]2O[C@H]2C[C@](C)(NCCn3ccc(NC(=O)Cc4ccc(Cl)c(F)c4)nc3=O)[C@H](O)[C@H](C)O2)Oc2ccc(cc2Cl)[C@H]1O. The van der Waals surface area contributed by atoms with Crippen LogP contribution in [0.4, 0.5) is 10.2 Å². The molecule has 0 radical (unpaired) electrons. The van der Waals surface area contributed by atoms with Crippen LogP contribution in [-0.4, -0.2) is 252 Å². The van der Waals surface area contributed by atoms with Crippen molar-refractivity contribution in [2.75, 3.05) is 65.0 Å². The zero-order valence-electron chi connectivity index (χ0n) is 70.8. The first-order chi connectivity index (χ1) is 62.3. The number of benzene rings is 6. The lowest BCUT2D eigenvalue weighted by Gasteiger charge is -2.48. The summed E-state index contributed by atoms with van der Waals surface area (Å²) in [6.07, 6.45) is -18.6. The fraction of sp³-hybridized carbons (Fsp3) is 0.430. The average molecular weight is 1890 g/mol. The first-order valence-corrected chi connectivity index (χ1v) is 42.7. The number of carbonyl (C=O) groups is 9. The minimum atomic E-state index is -2.40. The fourth-order valence-corrected chi connectivity index (χ4v) is 16.6. The van der Waals surface area contributed by atoms with Gasteiger partial charge in [0, 0.05) is 68.1 Å². The number of aromatic hydroxyl groups is 3. The van der Waals surface area contributed by atoms with Crippen LogP contribution in [0, 0.1) is 11.7 Å². The van der Waals surface area contributed by atoms with Crippen LogP contribution in [0.1, 0.15) is 111 Å². The second-order valence-electron chi connectivity index (χ2n) is 32.7. The molecule has 11 bridgehead atoms. The summed E-state index contributed by atoms with van der Waals surface area (Å²) in [5.74, 6) is -17.0. The predicted octanol–water partition coefficient (Wildman–Crippen LogP) is 1.26. The second-order valence-corrected chi connectivity index (χ2v) is 34.0. The normalized spacial score (nSPS) is 26.2. The molecule has 702 valence electrons. The van der Waals surface area contributed by atoms with Crippen molar-refractivity contribution in [2.24, 2.45) is 11.7 Å². The molecule has 18 atom stereocenters. The van der Waals surface area contributed by atoms with E-state index in [-0.39, 0.29) is 84.7 Å². The van der Waals surface area contributed by atoms with E-state index in [2.05, 4.69) is 58.3 Å². The van der Waals surface area contributed by atoms with Crippen LogP contribution in [-0.2, 0) is 79.9 Å². The molecule has 8 aliphatic heterocycles. The molecule has 8 aliphatic rings. The van der Waals surface area contributed by atoms with Crippen LogP contribution in [0.2, 0.25) is 15.1 Å². The van der Waals surface area contributed by atoms with Gasteiger partial charge >= 0.3 is 5.69 Å². The van der Waals surface area contributed by atoms with Crippen molar-refractivity contribution in [1.82, 2.24) is 62.5 Å². The Labute approximate surface area is 760 Å². The fourth-order valence-electron chi connectivity index (χ4n) is 16.0. The van der Waals surface area contributed by atoms with Gasteiger partial charge < -0.3 is 133 Å². The standard InChI is InChI=1S/C86H98Cl3FN14O27/c1-37(2)24-51(92-5)77(116)100-68-70(111)41-8-12-55(48(88)28-41)127-57-30-43-31-58(74(57)131-84-75(73(114)72(113)59(36-105)129-84)130-63-35-86(4,76(115)38(3)126-63)93-15-17-104-16-14-61(96-85(104)123)95-62(110)26-39-6-10-47(87)50(90)25-39)128-56-13-9-42(29-49(56)89)71(112)69-82(121)99-67(83(122)102-125-23-20-103-18-21-124-22-19-103)46-32-44(106)33-54(108)64(46)45-27-40(7-11-53(45)107)65(79(118)101-69)98-80(119)66(43)97-78(117)52(34-60(91)109)94-81(68)120/h6-14,16,25,27-33,37-38,51-52,59,63,65-73,75-76,84,92-93,105-108,111-115H,15,17-24,26,34-36H2,1-5H3,(H2,91,109)(H,94,120)(H,97,117)(H,98,119)(H,99,121)(H,100,116)(H,101,118)(H,102,122)(H,95,96,110,123)/t38-,51+,52-,59+,63-,65+,66+,67+,68+,69-,70+,71+,72+,73-,75+,76+,84-,86-/m0/s1. The van der Waals surface area contributed by atoms with Gasteiger partial charge in [-0.15, -0.1) is 0 Å². The average Bonchev–Trinajstić information content (AvgIpc) is 0.763. The number of hydrogen-bond acceptors (Lipinski definition) is 31. The van der Waals surface area contributed by atoms with Gasteiger partial charge in [0.25, 0.3) is 5.91 Å². The van der Waals surface area contributed by atoms with Crippen LogP contribution >= 0.6 is 34.8 Å². The van der Waals surface area contributed by atoms with E-state index < -0.39 is 259 Å². The molecule has 3 fully saturated rings. The van der Waals surface area contributed by atoms with Crippen LogP contribution in [0.3, 0.4) is 0 Å². The van der Waals surface area contributed by atoms with Crippen molar-refractivity contribution in [3.05, 3.63) is 174 Å². The topological polar surface area (TPSA) is 594 Å². The molecule has 9 heterocycles. The highest BCUT2D eigenvalue weighted by atomic mass is 35.5. The summed E-state index contributed by atoms with van der Waals surface area (Å²) in [6, 6.07) is 4.69. The number of rotatable bonds is 24. The van der Waals surface area contributed by atoms with Crippen LogP contribution in [0.25, 0.3) is 11.1 Å². The van der Waals surface area contributed by atoms with E-state index in [1.54, 1.807) is 6.92 Å². The number of phenols is 3. The number of amides is 9. The number of hydroxylamine groups is 1. The van der Waals surface area contributed by atoms with Crippen molar-refractivity contribution in [2.45, 2.75) is 169 Å². The number of phenolic OH excluding ortho intramolecular Hbond substituents is 3. The Kier molecular flexibility index (Phi) is 31.0. The summed E-state index contributed by atoms with van der Waals surface area (Å²) in [5, 5.41) is 130. The number of aliphatic hydroxyl groups excluding tert-OH is 6. The third-order valence-electron chi connectivity index (χ3n) is 22.9. The number of carbonyl (C=O) groups excluding carboxylic acids is 9. The van der Waals surface area contributed by atoms with Gasteiger partial charge in [0.15, 0.2) is 23.9 Å². The van der Waals surface area contributed by atoms with E-state index in [4.69, 9.17) is 78.5 Å². The molecule has 1 aromatic heterocycles. The Bertz CT molecular complexity index is 5550. The van der Waals surface area contributed by atoms with Gasteiger partial charge in [0.1, 0.15) is 107 Å². The Balaban J connectivity index is 0.933. The molecule has 3 saturated heterocycles. The number of nitrogens with zero attached hydrogens (tertiary/aromatic N) is 3. The summed E-state index contributed by atoms with van der Waals surface area (Å²) in [7, 11) is 1.47. The third-order valence-corrected chi connectivity index (χ3v) is 23.8. The number of ether oxygens (including phenoxy) is 7. The van der Waals surface area contributed by atoms with E-state index in [1.165, 1.54) is 55.1 Å². The number of anilines is 1. The molecule has 0 spiro atoms. The molecule has 6 aromatic carbocycles. The smallest absolute Gasteiger partial charge is 0.349 e. The zero-order valence-corrected chi connectivity index (χ0v) is 73.0. The number of nitrogens with one attached hydrogen (secondary N) is 10. The maximum absolute atomic E-state index is 16.4. The highest BCUT2D eigenvalue weighted by Gasteiger charge is 2.52. The van der Waals surface area contributed by atoms with E-state index in [0.717, 1.165) is 72.8 Å². The van der Waals surface area contributed by atoms with Crippen molar-refractivity contribution in [3.8, 4) is 57.1 Å². The third kappa shape index (κ3) is 22.6. The Morgan fingerprint density at radius 3 is 2.03 bits per heavy atom. The molecular weight excluding hydrogens is 1790 g/mol. The number of hydrogen-bond donors (Lipinski definition) is 20. The number of morpholine rings is 1. The maximum Gasteiger partial charge on any atom is 0.349 e. The minimum absolute atomic E-state index is 0.0647. The molecule has 41 nitrogen and oxygen atoms in total. The largest absolute Gasteiger partial charge is 0.508 e. The number of halogens is 4. The molecule has 0 saturated carbocycles. The monoisotopic (exact) mass is 1880 g/mol. The lowest BCUT2D eigenvalue weighted by molar-refractivity contribution is -0.334. The van der Waals surface area contributed by atoms with E-state index in [1.807, 2.05) is 18.7 Å². The second kappa shape index (κ2) is 41.9. The molecule has 15 rings (SSSR count). The molecule has 45 heteroatoms. The first-order valence-electron chi connectivity index (χ1n) is 41.6. The Hall–Kier alpha value is -11.5. The minimum Gasteiger partial charge on any atom is -0.508 e. The number of likely N-dealkylation sites (N-methyl/N-ethyl adjacent to an activating group) is 1. The number of primary amides is 1. The highest BCUT2D eigenvalue weighted by Crippen LogP contribution is 2.50. The van der Waals surface area contributed by atoms with Gasteiger partial charge in [-0.2, -0.15) is 4.98 Å². The molecule has 9 amide bonds. The van der Waals surface area contributed by atoms with Gasteiger partial charge in [0.05, 0.1) is 72.6 Å². The van der Waals surface area contributed by atoms with E-state index in [9.17, 15) is 74.3 Å². The number of aliphatic hydroxyl groups is 6. The van der Waals surface area contributed by atoms with Crippen molar-refractivity contribution in [3.63, 3.8) is 0 Å². The quantitative estimate of drug-likeness (QED) is 0.0299. The highest BCUT2D eigenvalue weighted by molar-refractivity contribution is 6.32. The van der Waals surface area contributed by atoms with Crippen LogP contribution in [0.5, 0.6) is 46.0 Å². The van der Waals surface area contributed by atoms with Gasteiger partial charge in [-0.1, -0.05) is 72.9 Å². The molecule has 21 N–H and O–H groups in total. The van der Waals surface area contributed by atoms with Crippen molar-refractivity contribution in [1.29, 1.82) is 0 Å². The van der Waals surface area contributed by atoms with Crippen LogP contribution < -0.4 is 79.0 Å². The first kappa shape index (κ1) is 97.0. The predicted molar refractivity (Wildman–Crippen MR) is 459 cm³/mol. The molecule has 0 unspecified atom stereocenters. The summed E-state index contributed by atoms with van der Waals surface area (Å²) in [5.41, 5.74) is 3.46. The van der Waals surface area contributed by atoms with Crippen molar-refractivity contribution < 1.29 is 131 Å². The lowest BCUT2D eigenvalue weighted by atomic mass is 9.85. The molecule has 131 heavy (non-hydrogen) atoms. The number of fused-ring (bicyclic) bond motifs is 15. The summed E-state index contributed by atoms with van der Waals surface area (Å²) in [6.45, 7) is 7.52. The van der Waals surface area contributed by atoms with E-state index >= 15 is 24.0 Å². The van der Waals surface area contributed by atoms with Gasteiger partial charge in [0.2, 0.25) is 59.3 Å². The Morgan fingerprint density at radius 1 is 0.718 bits per heavy atom. The van der Waals surface area contributed by atoms with E-state index in [0.29, 0.717) is 31.9 Å². The molecular formula is C86H98Cl3FN14O27. The van der Waals surface area contributed by atoms with Gasteiger partial charge in [-0.25, -0.2) is 14.7 Å². The van der Waals surface area contributed by atoms with Gasteiger partial charge in [-0.3, -0.25) is 57.5 Å². The molecule has 0 aliphatic carbocycles. The lowest BCUT2D eigenvalue weighted by Crippen LogP contribution is -2.65. The van der Waals surface area contributed by atoms with Gasteiger partial charge in [-0.05, 0) is 139 Å². The maximum atomic E-state index is 16.4. The van der Waals surface area contributed by atoms with Crippen molar-refractivity contribution >= 4 is 93.8 Å². The molecule has 7 aromatic rings. The summed E-state index contributed by atoms with van der Waals surface area (Å²) >= 11 is 20.2. The Morgan fingerprint density at radius 2 is 1.38 bits per heavy atom. The summed E-state index contributed by atoms with van der Waals surface area (Å²) < 4.78 is 60.3.